The third-order valence-corrected chi connectivity index (χ3v) is 3.90. The van der Waals surface area contributed by atoms with Crippen LogP contribution in [-0.2, 0) is 0 Å². The van der Waals surface area contributed by atoms with Crippen LogP contribution in [0.15, 0.2) is 52.2 Å². The number of phenolic OH excluding ortho intramolecular Hbond substituents is 1. The highest BCUT2D eigenvalue weighted by atomic mass is 35.5. The highest BCUT2D eigenvalue weighted by molar-refractivity contribution is 6.31. The first-order valence-electron chi connectivity index (χ1n) is 7.89. The lowest BCUT2D eigenvalue weighted by atomic mass is 10.2. The standard InChI is InChI=1S/C17H11ClFN7O2/c18-11-7-10(5-6-12(11)19)21-14-15(23-17-16(22-14)25-28-26-17)24-20-8-9-3-1-2-4-13(9)27/h1-8,27H,(H,21,22,25)(H,23,24,26). The van der Waals surface area contributed by atoms with E-state index in [1.165, 1.54) is 24.4 Å². The largest absolute Gasteiger partial charge is 0.507 e. The van der Waals surface area contributed by atoms with Gasteiger partial charge in [0.15, 0.2) is 11.6 Å². The summed E-state index contributed by atoms with van der Waals surface area (Å²) in [7, 11) is 0. The molecular weight excluding hydrogens is 389 g/mol. The van der Waals surface area contributed by atoms with Gasteiger partial charge in [-0.1, -0.05) is 23.7 Å². The number of fused-ring (bicyclic) bond motifs is 1. The zero-order valence-electron chi connectivity index (χ0n) is 14.0. The van der Waals surface area contributed by atoms with Gasteiger partial charge >= 0.3 is 0 Å². The van der Waals surface area contributed by atoms with Crippen LogP contribution in [0.4, 0.5) is 21.7 Å². The first-order valence-corrected chi connectivity index (χ1v) is 8.27. The number of nitrogens with zero attached hydrogens (tertiary/aromatic N) is 5. The highest BCUT2D eigenvalue weighted by Gasteiger charge is 2.13. The average molecular weight is 400 g/mol. The Balaban J connectivity index is 1.65. The molecule has 0 bridgehead atoms. The van der Waals surface area contributed by atoms with Gasteiger partial charge in [0, 0.05) is 11.3 Å². The summed E-state index contributed by atoms with van der Waals surface area (Å²) in [5, 5.41) is 24.0. The van der Waals surface area contributed by atoms with E-state index in [4.69, 9.17) is 11.6 Å². The van der Waals surface area contributed by atoms with Crippen molar-refractivity contribution in [1.29, 1.82) is 0 Å². The molecule has 0 saturated heterocycles. The Bertz CT molecular complexity index is 1180. The van der Waals surface area contributed by atoms with Crippen LogP contribution in [0.3, 0.4) is 0 Å². The van der Waals surface area contributed by atoms with Gasteiger partial charge in [-0.3, -0.25) is 5.43 Å². The van der Waals surface area contributed by atoms with Gasteiger partial charge in [0.25, 0.3) is 0 Å². The van der Waals surface area contributed by atoms with Crippen molar-refractivity contribution in [3.8, 4) is 5.75 Å². The SMILES string of the molecule is Oc1ccccc1C=NNc1nc2nonc2nc1Nc1ccc(F)c(Cl)c1. The van der Waals surface area contributed by atoms with Crippen LogP contribution in [0.5, 0.6) is 5.75 Å². The second-order valence-electron chi connectivity index (χ2n) is 5.51. The van der Waals surface area contributed by atoms with E-state index in [9.17, 15) is 9.50 Å². The molecule has 0 fully saturated rings. The molecule has 2 aromatic carbocycles. The van der Waals surface area contributed by atoms with E-state index in [0.717, 1.165) is 0 Å². The zero-order chi connectivity index (χ0) is 19.5. The number of phenols is 1. The lowest BCUT2D eigenvalue weighted by molar-refractivity contribution is 0.314. The molecule has 2 heterocycles. The molecule has 0 saturated carbocycles. The number of aromatic nitrogens is 4. The Hall–Kier alpha value is -3.79. The Morgan fingerprint density at radius 3 is 2.57 bits per heavy atom. The number of rotatable bonds is 5. The van der Waals surface area contributed by atoms with Crippen LogP contribution in [0.25, 0.3) is 11.3 Å². The molecule has 140 valence electrons. The molecule has 0 atom stereocenters. The summed E-state index contributed by atoms with van der Waals surface area (Å²) in [4.78, 5) is 8.50. The molecule has 4 aromatic rings. The van der Waals surface area contributed by atoms with Crippen LogP contribution in [-0.4, -0.2) is 31.6 Å². The fraction of sp³-hybridized carbons (Fsp3) is 0. The van der Waals surface area contributed by atoms with Crippen LogP contribution in [0.2, 0.25) is 5.02 Å². The number of halogens is 2. The van der Waals surface area contributed by atoms with Gasteiger partial charge in [0.05, 0.1) is 11.2 Å². The van der Waals surface area contributed by atoms with Crippen LogP contribution < -0.4 is 10.7 Å². The van der Waals surface area contributed by atoms with Gasteiger partial charge in [-0.05, 0) is 40.6 Å². The molecule has 0 aliphatic carbocycles. The summed E-state index contributed by atoms with van der Waals surface area (Å²) in [6, 6.07) is 10.8. The molecule has 3 N–H and O–H groups in total. The molecule has 0 aliphatic heterocycles. The summed E-state index contributed by atoms with van der Waals surface area (Å²) < 4.78 is 18.0. The van der Waals surface area contributed by atoms with Crippen molar-refractivity contribution in [1.82, 2.24) is 20.3 Å². The molecular formula is C17H11ClFN7O2. The second-order valence-corrected chi connectivity index (χ2v) is 5.92. The predicted octanol–water partition coefficient (Wildman–Crippen LogP) is 3.70. The van der Waals surface area contributed by atoms with E-state index >= 15 is 0 Å². The lowest BCUT2D eigenvalue weighted by Gasteiger charge is -2.09. The number of hydrogen-bond donors (Lipinski definition) is 3. The van der Waals surface area contributed by atoms with Crippen molar-refractivity contribution in [3.63, 3.8) is 0 Å². The van der Waals surface area contributed by atoms with Crippen molar-refractivity contribution >= 4 is 46.4 Å². The Morgan fingerprint density at radius 2 is 1.82 bits per heavy atom. The molecule has 11 heteroatoms. The van der Waals surface area contributed by atoms with Crippen LogP contribution in [0.1, 0.15) is 5.56 Å². The quantitative estimate of drug-likeness (QED) is 0.343. The normalized spacial score (nSPS) is 11.2. The van der Waals surface area contributed by atoms with Gasteiger partial charge in [-0.15, -0.1) is 0 Å². The minimum Gasteiger partial charge on any atom is -0.507 e. The predicted molar refractivity (Wildman–Crippen MR) is 101 cm³/mol. The van der Waals surface area contributed by atoms with Crippen molar-refractivity contribution in [2.24, 2.45) is 5.10 Å². The fourth-order valence-corrected chi connectivity index (χ4v) is 2.45. The first-order chi connectivity index (χ1) is 13.6. The van der Waals surface area contributed by atoms with Gasteiger partial charge in [-0.2, -0.15) is 10.1 Å². The van der Waals surface area contributed by atoms with E-state index < -0.39 is 5.82 Å². The number of hydrazone groups is 1. The number of anilines is 3. The maximum absolute atomic E-state index is 13.4. The molecule has 4 rings (SSSR count). The summed E-state index contributed by atoms with van der Waals surface area (Å²) >= 11 is 5.81. The third kappa shape index (κ3) is 3.67. The minimum absolute atomic E-state index is 0.0470. The highest BCUT2D eigenvalue weighted by Crippen LogP contribution is 2.26. The molecule has 0 radical (unpaired) electrons. The zero-order valence-corrected chi connectivity index (χ0v) is 14.7. The molecule has 0 aliphatic rings. The third-order valence-electron chi connectivity index (χ3n) is 3.61. The van der Waals surface area contributed by atoms with Gasteiger partial charge in [0.2, 0.25) is 11.3 Å². The number of para-hydroxylation sites is 1. The Morgan fingerprint density at radius 1 is 1.07 bits per heavy atom. The molecule has 0 unspecified atom stereocenters. The van der Waals surface area contributed by atoms with Crippen LogP contribution >= 0.6 is 11.6 Å². The second kappa shape index (κ2) is 7.45. The van der Waals surface area contributed by atoms with E-state index in [2.05, 4.69) is 40.8 Å². The summed E-state index contributed by atoms with van der Waals surface area (Å²) in [6.07, 6.45) is 1.42. The number of hydrogen-bond acceptors (Lipinski definition) is 9. The molecule has 0 spiro atoms. The van der Waals surface area contributed by atoms with Crippen LogP contribution in [0, 0.1) is 5.82 Å². The summed E-state index contributed by atoms with van der Waals surface area (Å²) in [5.74, 6) is -0.0229. The summed E-state index contributed by atoms with van der Waals surface area (Å²) in [6.45, 7) is 0. The van der Waals surface area contributed by atoms with E-state index in [0.29, 0.717) is 11.3 Å². The van der Waals surface area contributed by atoms with E-state index in [-0.39, 0.29) is 33.7 Å². The van der Waals surface area contributed by atoms with Crippen molar-refractivity contribution in [3.05, 3.63) is 58.9 Å². The van der Waals surface area contributed by atoms with E-state index in [1.54, 1.807) is 24.3 Å². The molecule has 0 amide bonds. The van der Waals surface area contributed by atoms with Gasteiger partial charge < -0.3 is 10.4 Å². The minimum atomic E-state index is -0.542. The maximum Gasteiger partial charge on any atom is 0.245 e. The first kappa shape index (κ1) is 17.6. The van der Waals surface area contributed by atoms with Gasteiger partial charge in [-0.25, -0.2) is 14.0 Å². The van der Waals surface area contributed by atoms with Crippen molar-refractivity contribution in [2.75, 3.05) is 10.7 Å². The van der Waals surface area contributed by atoms with Gasteiger partial charge in [0.1, 0.15) is 11.6 Å². The maximum atomic E-state index is 13.4. The Labute approximate surface area is 161 Å². The average Bonchev–Trinajstić information content (AvgIpc) is 3.13. The molecule has 2 aromatic heterocycles. The number of aromatic hydroxyl groups is 1. The monoisotopic (exact) mass is 399 g/mol. The lowest BCUT2D eigenvalue weighted by Crippen LogP contribution is -2.03. The molecule has 28 heavy (non-hydrogen) atoms. The summed E-state index contributed by atoms with van der Waals surface area (Å²) in [5.41, 5.74) is 4.05. The van der Waals surface area contributed by atoms with Crippen molar-refractivity contribution < 1.29 is 14.1 Å². The van der Waals surface area contributed by atoms with E-state index in [1.807, 2.05) is 0 Å². The topological polar surface area (TPSA) is 121 Å². The number of benzene rings is 2. The number of nitrogens with one attached hydrogen (secondary N) is 2. The Kier molecular flexibility index (Phi) is 4.68. The smallest absolute Gasteiger partial charge is 0.245 e. The van der Waals surface area contributed by atoms with Crippen molar-refractivity contribution in [2.45, 2.75) is 0 Å². The molecule has 9 nitrogen and oxygen atoms in total. The fourth-order valence-electron chi connectivity index (χ4n) is 2.27.